The van der Waals surface area contributed by atoms with Crippen LogP contribution in [0.15, 0.2) is 34.3 Å². The minimum atomic E-state index is -0.130. The fourth-order valence-corrected chi connectivity index (χ4v) is 3.41. The molecule has 0 aromatic carbocycles. The first-order valence-corrected chi connectivity index (χ1v) is 8.66. The van der Waals surface area contributed by atoms with Gasteiger partial charge >= 0.3 is 0 Å². The van der Waals surface area contributed by atoms with Gasteiger partial charge in [-0.05, 0) is 29.3 Å². The van der Waals surface area contributed by atoms with Gasteiger partial charge in [-0.3, -0.25) is 9.59 Å². The Morgan fingerprint density at radius 1 is 1.29 bits per heavy atom. The molecule has 0 saturated carbocycles. The quantitative estimate of drug-likeness (QED) is 0.822. The molecule has 0 fully saturated rings. The van der Waals surface area contributed by atoms with Crippen LogP contribution in [0.25, 0.3) is 0 Å². The zero-order valence-electron chi connectivity index (χ0n) is 11.8. The molecule has 0 spiro atoms. The van der Waals surface area contributed by atoms with Crippen molar-refractivity contribution < 1.29 is 9.59 Å². The molecule has 112 valence electrons. The smallest absolute Gasteiger partial charge is 0.252 e. The molecule has 0 aliphatic heterocycles. The first-order valence-electron chi connectivity index (χ1n) is 6.84. The lowest BCUT2D eigenvalue weighted by Gasteiger charge is -2.15. The Labute approximate surface area is 132 Å². The van der Waals surface area contributed by atoms with Crippen molar-refractivity contribution in [1.82, 2.24) is 10.6 Å². The molecule has 4 nitrogen and oxygen atoms in total. The SMILES string of the molecule is CC[C@@H](NC(=O)CCNC(=O)c1ccsc1)c1cccs1. The summed E-state index contributed by atoms with van der Waals surface area (Å²) in [4.78, 5) is 24.8. The van der Waals surface area contributed by atoms with Crippen molar-refractivity contribution in [2.45, 2.75) is 25.8 Å². The van der Waals surface area contributed by atoms with Gasteiger partial charge in [0.1, 0.15) is 0 Å². The molecule has 2 heterocycles. The summed E-state index contributed by atoms with van der Waals surface area (Å²) in [6.45, 7) is 2.39. The molecule has 2 aromatic rings. The van der Waals surface area contributed by atoms with Gasteiger partial charge in [-0.15, -0.1) is 11.3 Å². The Morgan fingerprint density at radius 3 is 2.76 bits per heavy atom. The molecule has 2 N–H and O–H groups in total. The van der Waals surface area contributed by atoms with E-state index in [2.05, 4.69) is 10.6 Å². The van der Waals surface area contributed by atoms with Crippen LogP contribution in [0.2, 0.25) is 0 Å². The zero-order valence-corrected chi connectivity index (χ0v) is 13.4. The number of thiophene rings is 2. The van der Waals surface area contributed by atoms with Crippen LogP contribution in [-0.4, -0.2) is 18.4 Å². The van der Waals surface area contributed by atoms with Gasteiger partial charge in [0.2, 0.25) is 5.91 Å². The summed E-state index contributed by atoms with van der Waals surface area (Å²) in [7, 11) is 0. The van der Waals surface area contributed by atoms with Crippen molar-refractivity contribution in [1.29, 1.82) is 0 Å². The zero-order chi connectivity index (χ0) is 15.1. The number of carbonyl (C=O) groups excluding carboxylic acids is 2. The average Bonchev–Trinajstić information content (AvgIpc) is 3.17. The molecule has 21 heavy (non-hydrogen) atoms. The van der Waals surface area contributed by atoms with E-state index in [0.29, 0.717) is 12.1 Å². The van der Waals surface area contributed by atoms with Gasteiger partial charge in [-0.1, -0.05) is 13.0 Å². The fourth-order valence-electron chi connectivity index (χ4n) is 1.92. The average molecular weight is 322 g/mol. The van der Waals surface area contributed by atoms with Gasteiger partial charge < -0.3 is 10.6 Å². The Hall–Kier alpha value is -1.66. The van der Waals surface area contributed by atoms with E-state index in [-0.39, 0.29) is 24.3 Å². The van der Waals surface area contributed by atoms with E-state index in [9.17, 15) is 9.59 Å². The summed E-state index contributed by atoms with van der Waals surface area (Å²) < 4.78 is 0. The van der Waals surface area contributed by atoms with E-state index in [1.807, 2.05) is 29.8 Å². The Morgan fingerprint density at radius 2 is 2.14 bits per heavy atom. The third kappa shape index (κ3) is 4.68. The largest absolute Gasteiger partial charge is 0.351 e. The maximum absolute atomic E-state index is 11.9. The van der Waals surface area contributed by atoms with Crippen molar-refractivity contribution in [3.8, 4) is 0 Å². The number of carbonyl (C=O) groups is 2. The van der Waals surface area contributed by atoms with Gasteiger partial charge in [0.25, 0.3) is 5.91 Å². The van der Waals surface area contributed by atoms with Crippen molar-refractivity contribution in [2.75, 3.05) is 6.54 Å². The molecule has 0 aliphatic rings. The highest BCUT2D eigenvalue weighted by atomic mass is 32.1. The van der Waals surface area contributed by atoms with Crippen molar-refractivity contribution in [3.63, 3.8) is 0 Å². The standard InChI is InChI=1S/C15H18N2O2S2/c1-2-12(13-4-3-8-21-13)17-14(18)5-7-16-15(19)11-6-9-20-10-11/h3-4,6,8-10,12H,2,5,7H2,1H3,(H,16,19)(H,17,18)/t12-/m1/s1. The highest BCUT2D eigenvalue weighted by Gasteiger charge is 2.13. The molecule has 2 rings (SSSR count). The fraction of sp³-hybridized carbons (Fsp3) is 0.333. The Bertz CT molecular complexity index is 565. The number of hydrogen-bond donors (Lipinski definition) is 2. The summed E-state index contributed by atoms with van der Waals surface area (Å²) >= 11 is 3.12. The van der Waals surface area contributed by atoms with E-state index in [4.69, 9.17) is 0 Å². The third-order valence-electron chi connectivity index (χ3n) is 3.05. The van der Waals surface area contributed by atoms with Crippen LogP contribution in [0.3, 0.4) is 0 Å². The van der Waals surface area contributed by atoms with Crippen LogP contribution in [-0.2, 0) is 4.79 Å². The monoisotopic (exact) mass is 322 g/mol. The second kappa shape index (κ2) is 7.95. The number of rotatable bonds is 7. The van der Waals surface area contributed by atoms with Crippen molar-refractivity contribution >= 4 is 34.5 Å². The predicted octanol–water partition coefficient (Wildman–Crippen LogP) is 3.20. The second-order valence-corrected chi connectivity index (χ2v) is 6.32. The highest BCUT2D eigenvalue weighted by molar-refractivity contribution is 7.10. The lowest BCUT2D eigenvalue weighted by atomic mass is 10.2. The maximum atomic E-state index is 11.9. The minimum absolute atomic E-state index is 0.0409. The van der Waals surface area contributed by atoms with E-state index < -0.39 is 0 Å². The van der Waals surface area contributed by atoms with E-state index in [1.165, 1.54) is 11.3 Å². The van der Waals surface area contributed by atoms with Gasteiger partial charge in [0.15, 0.2) is 0 Å². The number of hydrogen-bond acceptors (Lipinski definition) is 4. The molecular weight excluding hydrogens is 304 g/mol. The molecule has 0 saturated heterocycles. The maximum Gasteiger partial charge on any atom is 0.252 e. The summed E-state index contributed by atoms with van der Waals surface area (Å²) in [5, 5.41) is 11.4. The van der Waals surface area contributed by atoms with Crippen LogP contribution in [0, 0.1) is 0 Å². The molecule has 0 radical (unpaired) electrons. The molecule has 0 bridgehead atoms. The van der Waals surface area contributed by atoms with Gasteiger partial charge in [-0.25, -0.2) is 0 Å². The van der Waals surface area contributed by atoms with Crippen LogP contribution in [0.1, 0.15) is 41.0 Å². The van der Waals surface area contributed by atoms with Gasteiger partial charge in [0, 0.05) is 28.8 Å². The minimum Gasteiger partial charge on any atom is -0.351 e. The topological polar surface area (TPSA) is 58.2 Å². The molecule has 0 unspecified atom stereocenters. The second-order valence-electron chi connectivity index (χ2n) is 4.56. The Kier molecular flexibility index (Phi) is 5.95. The molecule has 2 amide bonds. The molecule has 0 aliphatic carbocycles. The summed E-state index contributed by atoms with van der Waals surface area (Å²) in [5.41, 5.74) is 0.644. The van der Waals surface area contributed by atoms with E-state index in [1.54, 1.807) is 22.8 Å². The van der Waals surface area contributed by atoms with Gasteiger partial charge in [-0.2, -0.15) is 11.3 Å². The normalized spacial score (nSPS) is 11.9. The molecular formula is C15H18N2O2S2. The van der Waals surface area contributed by atoms with Crippen LogP contribution in [0.5, 0.6) is 0 Å². The van der Waals surface area contributed by atoms with Gasteiger partial charge in [0.05, 0.1) is 6.04 Å². The highest BCUT2D eigenvalue weighted by Crippen LogP contribution is 2.21. The first-order chi connectivity index (χ1) is 10.2. The van der Waals surface area contributed by atoms with Crippen LogP contribution in [0.4, 0.5) is 0 Å². The summed E-state index contributed by atoms with van der Waals surface area (Å²) in [6.07, 6.45) is 1.14. The van der Waals surface area contributed by atoms with Crippen molar-refractivity contribution in [2.24, 2.45) is 0 Å². The summed E-state index contributed by atoms with van der Waals surface area (Å²) in [6, 6.07) is 5.84. The Balaban J connectivity index is 1.73. The number of nitrogens with one attached hydrogen (secondary N) is 2. The van der Waals surface area contributed by atoms with E-state index >= 15 is 0 Å². The number of amides is 2. The van der Waals surface area contributed by atoms with Crippen LogP contribution < -0.4 is 10.6 Å². The lowest BCUT2D eigenvalue weighted by molar-refractivity contribution is -0.121. The van der Waals surface area contributed by atoms with Crippen LogP contribution >= 0.6 is 22.7 Å². The molecule has 2 aromatic heterocycles. The first kappa shape index (κ1) is 15.7. The molecule has 6 heteroatoms. The van der Waals surface area contributed by atoms with E-state index in [0.717, 1.165) is 11.3 Å². The lowest BCUT2D eigenvalue weighted by Crippen LogP contribution is -2.32. The molecule has 1 atom stereocenters. The predicted molar refractivity (Wildman–Crippen MR) is 86.8 cm³/mol. The van der Waals surface area contributed by atoms with Crippen molar-refractivity contribution in [3.05, 3.63) is 44.8 Å². The third-order valence-corrected chi connectivity index (χ3v) is 4.72. The summed E-state index contributed by atoms with van der Waals surface area (Å²) in [5.74, 6) is -0.171.